The number of imidazole rings is 1. The van der Waals surface area contributed by atoms with Gasteiger partial charge in [-0.3, -0.25) is 19.9 Å². The third kappa shape index (κ3) is 6.65. The van der Waals surface area contributed by atoms with E-state index in [0.29, 0.717) is 18.9 Å². The monoisotopic (exact) mass is 538 g/mol. The van der Waals surface area contributed by atoms with Crippen molar-refractivity contribution in [2.75, 3.05) is 19.5 Å². The lowest BCUT2D eigenvalue weighted by Gasteiger charge is -2.15. The number of fused-ring (bicyclic) bond motifs is 1. The highest BCUT2D eigenvalue weighted by Crippen LogP contribution is 2.30. The molecule has 0 bridgehead atoms. The first-order valence-corrected chi connectivity index (χ1v) is 13.9. The van der Waals surface area contributed by atoms with Crippen LogP contribution in [0.5, 0.6) is 5.75 Å². The number of hydrogen-bond donors (Lipinski definition) is 1. The van der Waals surface area contributed by atoms with Crippen LogP contribution in [0, 0.1) is 0 Å². The number of ketones is 1. The van der Waals surface area contributed by atoms with E-state index in [1.165, 1.54) is 18.6 Å². The average Bonchev–Trinajstić information content (AvgIpc) is 3.30. The second-order valence-electron chi connectivity index (χ2n) is 9.89. The summed E-state index contributed by atoms with van der Waals surface area (Å²) in [4.78, 5) is 34.0. The number of aliphatic imine (C=N–C) groups is 1. The van der Waals surface area contributed by atoms with Gasteiger partial charge in [0, 0.05) is 25.2 Å². The molecule has 208 valence electrons. The minimum Gasteiger partial charge on any atom is -0.496 e. The van der Waals surface area contributed by atoms with Crippen molar-refractivity contribution in [3.63, 3.8) is 0 Å². The van der Waals surface area contributed by atoms with Crippen LogP contribution in [0.3, 0.4) is 0 Å². The smallest absolute Gasteiger partial charge is 0.253 e. The van der Waals surface area contributed by atoms with Crippen LogP contribution in [-0.2, 0) is 29.0 Å². The zero-order valence-corrected chi connectivity index (χ0v) is 24.1. The van der Waals surface area contributed by atoms with E-state index >= 15 is 0 Å². The van der Waals surface area contributed by atoms with Gasteiger partial charge in [0.2, 0.25) is 5.95 Å². The molecule has 1 heterocycles. The molecule has 0 aliphatic heterocycles. The van der Waals surface area contributed by atoms with Gasteiger partial charge in [0.25, 0.3) is 5.91 Å². The molecule has 0 saturated heterocycles. The summed E-state index contributed by atoms with van der Waals surface area (Å²) in [5.41, 5.74) is 7.58. The molecule has 0 spiro atoms. The van der Waals surface area contributed by atoms with E-state index in [1.807, 2.05) is 30.3 Å². The molecule has 7 nitrogen and oxygen atoms in total. The molecule has 0 unspecified atom stereocenters. The third-order valence-corrected chi connectivity index (χ3v) is 7.20. The molecule has 1 amide bonds. The Hall–Kier alpha value is -4.26. The summed E-state index contributed by atoms with van der Waals surface area (Å²) in [5, 5.41) is 3.11. The molecule has 2 aromatic carbocycles. The van der Waals surface area contributed by atoms with Crippen molar-refractivity contribution in [3.05, 3.63) is 88.5 Å². The lowest BCUT2D eigenvalue weighted by atomic mass is 9.97. The van der Waals surface area contributed by atoms with Crippen LogP contribution >= 0.6 is 0 Å². The Labute approximate surface area is 236 Å². The number of methoxy groups -OCH3 is 1. The highest BCUT2D eigenvalue weighted by atomic mass is 16.5. The highest BCUT2D eigenvalue weighted by molar-refractivity contribution is 6.11. The first-order valence-electron chi connectivity index (χ1n) is 13.9. The average molecular weight is 539 g/mol. The second kappa shape index (κ2) is 13.2. The number of rotatable bonds is 11. The van der Waals surface area contributed by atoms with Gasteiger partial charge in [-0.15, -0.1) is 0 Å². The fourth-order valence-electron chi connectivity index (χ4n) is 4.98. The van der Waals surface area contributed by atoms with Gasteiger partial charge in [-0.05, 0) is 80.0 Å². The molecule has 0 atom stereocenters. The Morgan fingerprint density at radius 3 is 2.67 bits per heavy atom. The third-order valence-electron chi connectivity index (χ3n) is 7.20. The summed E-state index contributed by atoms with van der Waals surface area (Å²) in [6.07, 6.45) is 11.5. The standard InChI is InChI=1S/C33H38N4O3/c1-6-23-10-8-13-27(18-23)32(39)36-33-35-29-20-25(7-2)31(40-5)21-30(29)37(33)17-16-24-11-9-12-26(19-24)28(34-4)15-14-22(3)38/h9-12,14-15,18-21H,6-8,13,16-17H2,1-5H3,(H,35,36,39)/b15-14-,34-28?. The predicted octanol–water partition coefficient (Wildman–Crippen LogP) is 6.41. The van der Waals surface area contributed by atoms with E-state index in [4.69, 9.17) is 9.72 Å². The van der Waals surface area contributed by atoms with Crippen molar-refractivity contribution in [3.8, 4) is 5.75 Å². The van der Waals surface area contributed by atoms with Crippen LogP contribution in [0.15, 0.2) is 76.8 Å². The SMILES string of the molecule is CCC1=CCCC(C(=O)Nc2nc3cc(CC)c(OC)cc3n2CCc2cccc(C(/C=C\C(C)=O)=NC)c2)=C1. The summed E-state index contributed by atoms with van der Waals surface area (Å²) in [6, 6.07) is 12.2. The predicted molar refractivity (Wildman–Crippen MR) is 162 cm³/mol. The normalized spacial score (nSPS) is 13.9. The molecular weight excluding hydrogens is 500 g/mol. The molecule has 1 aromatic heterocycles. The van der Waals surface area contributed by atoms with Gasteiger partial charge in [-0.2, -0.15) is 0 Å². The summed E-state index contributed by atoms with van der Waals surface area (Å²) >= 11 is 0. The molecule has 7 heteroatoms. The molecule has 0 fully saturated rings. The van der Waals surface area contributed by atoms with Crippen molar-refractivity contribution in [1.82, 2.24) is 9.55 Å². The number of ether oxygens (including phenoxy) is 1. The lowest BCUT2D eigenvalue weighted by Crippen LogP contribution is -2.19. The minimum absolute atomic E-state index is 0.0218. The molecule has 3 aromatic rings. The maximum absolute atomic E-state index is 13.3. The quantitative estimate of drug-likeness (QED) is 0.226. The van der Waals surface area contributed by atoms with E-state index < -0.39 is 0 Å². The summed E-state index contributed by atoms with van der Waals surface area (Å²) in [5.74, 6) is 1.21. The number of carbonyl (C=O) groups excluding carboxylic acids is 2. The maximum atomic E-state index is 13.3. The lowest BCUT2D eigenvalue weighted by molar-refractivity contribution is -0.113. The van der Waals surface area contributed by atoms with Gasteiger partial charge in [0.15, 0.2) is 5.78 Å². The van der Waals surface area contributed by atoms with Crippen LogP contribution in [0.1, 0.15) is 56.7 Å². The van der Waals surface area contributed by atoms with E-state index in [-0.39, 0.29) is 11.7 Å². The number of anilines is 1. The van der Waals surface area contributed by atoms with Crippen molar-refractivity contribution < 1.29 is 14.3 Å². The first kappa shape index (κ1) is 28.7. The van der Waals surface area contributed by atoms with Gasteiger partial charge >= 0.3 is 0 Å². The maximum Gasteiger partial charge on any atom is 0.253 e. The summed E-state index contributed by atoms with van der Waals surface area (Å²) in [7, 11) is 3.40. The molecule has 0 radical (unpaired) electrons. The zero-order valence-electron chi connectivity index (χ0n) is 24.1. The van der Waals surface area contributed by atoms with Gasteiger partial charge in [-0.1, -0.05) is 49.8 Å². The van der Waals surface area contributed by atoms with Gasteiger partial charge in [0.1, 0.15) is 5.75 Å². The first-order chi connectivity index (χ1) is 19.4. The van der Waals surface area contributed by atoms with Crippen molar-refractivity contribution in [2.24, 2.45) is 4.99 Å². The topological polar surface area (TPSA) is 85.6 Å². The molecule has 1 aliphatic rings. The number of carbonyl (C=O) groups is 2. The van der Waals surface area contributed by atoms with Crippen LogP contribution < -0.4 is 10.1 Å². The largest absolute Gasteiger partial charge is 0.496 e. The van der Waals surface area contributed by atoms with Crippen LogP contribution in [0.2, 0.25) is 0 Å². The molecule has 1 N–H and O–H groups in total. The fourth-order valence-corrected chi connectivity index (χ4v) is 4.98. The minimum atomic E-state index is -0.110. The zero-order chi connectivity index (χ0) is 28.6. The van der Waals surface area contributed by atoms with Gasteiger partial charge in [-0.25, -0.2) is 4.98 Å². The Bertz CT molecular complexity index is 1540. The number of hydrogen-bond acceptors (Lipinski definition) is 5. The van der Waals surface area contributed by atoms with Crippen LogP contribution in [0.4, 0.5) is 5.95 Å². The number of benzene rings is 2. The van der Waals surface area contributed by atoms with Gasteiger partial charge in [0.05, 0.1) is 23.9 Å². The number of nitrogens with one attached hydrogen (secondary N) is 1. The number of amides is 1. The molecule has 4 rings (SSSR count). The summed E-state index contributed by atoms with van der Waals surface area (Å²) in [6.45, 7) is 6.31. The number of aromatic nitrogens is 2. The Balaban J connectivity index is 1.67. The fraction of sp³-hybridized carbons (Fsp3) is 0.333. The molecular formula is C33H38N4O3. The van der Waals surface area contributed by atoms with Crippen molar-refractivity contribution in [2.45, 2.75) is 59.4 Å². The molecule has 0 saturated carbocycles. The number of aryl methyl sites for hydroxylation is 3. The number of nitrogens with zero attached hydrogens (tertiary/aromatic N) is 3. The van der Waals surface area contributed by atoms with Gasteiger partial charge < -0.3 is 9.30 Å². The second-order valence-corrected chi connectivity index (χ2v) is 9.89. The Morgan fingerprint density at radius 1 is 1.15 bits per heavy atom. The number of allylic oxidation sites excluding steroid dienone is 5. The Kier molecular flexibility index (Phi) is 9.48. The van der Waals surface area contributed by atoms with E-state index in [1.54, 1.807) is 20.2 Å². The van der Waals surface area contributed by atoms with Crippen LogP contribution in [0.25, 0.3) is 11.0 Å². The van der Waals surface area contributed by atoms with E-state index in [2.05, 4.69) is 46.9 Å². The Morgan fingerprint density at radius 2 is 1.98 bits per heavy atom. The summed E-state index contributed by atoms with van der Waals surface area (Å²) < 4.78 is 7.74. The molecule has 40 heavy (non-hydrogen) atoms. The highest BCUT2D eigenvalue weighted by Gasteiger charge is 2.19. The van der Waals surface area contributed by atoms with E-state index in [0.717, 1.165) is 70.4 Å². The van der Waals surface area contributed by atoms with Crippen LogP contribution in [-0.4, -0.2) is 41.1 Å². The van der Waals surface area contributed by atoms with Crippen molar-refractivity contribution in [1.29, 1.82) is 0 Å². The van der Waals surface area contributed by atoms with E-state index in [9.17, 15) is 9.59 Å². The molecule has 1 aliphatic carbocycles. The van der Waals surface area contributed by atoms with Crippen molar-refractivity contribution >= 4 is 34.4 Å².